The lowest BCUT2D eigenvalue weighted by atomic mass is 10.2. The highest BCUT2D eigenvalue weighted by molar-refractivity contribution is 8.18. The van der Waals surface area contributed by atoms with E-state index in [1.54, 1.807) is 13.0 Å². The van der Waals surface area contributed by atoms with Crippen molar-refractivity contribution in [3.63, 3.8) is 0 Å². The van der Waals surface area contributed by atoms with Crippen molar-refractivity contribution in [1.29, 1.82) is 0 Å². The molecule has 20 heavy (non-hydrogen) atoms. The molecular formula is C15H17NO3S. The average molecular weight is 291 g/mol. The number of carbonyl (C=O) groups excluding carboxylic acids is 2. The number of rotatable bonds is 5. The summed E-state index contributed by atoms with van der Waals surface area (Å²) in [7, 11) is 0. The Labute approximate surface area is 122 Å². The topological polar surface area (TPSA) is 46.6 Å². The van der Waals surface area contributed by atoms with Crippen LogP contribution in [0.25, 0.3) is 6.08 Å². The van der Waals surface area contributed by atoms with E-state index in [1.165, 1.54) is 4.90 Å². The summed E-state index contributed by atoms with van der Waals surface area (Å²) in [4.78, 5) is 25.3. The minimum atomic E-state index is -0.214. The Morgan fingerprint density at radius 2 is 1.90 bits per heavy atom. The molecule has 2 rings (SSSR count). The zero-order chi connectivity index (χ0) is 14.5. The number of hydrogen-bond acceptors (Lipinski definition) is 4. The third kappa shape index (κ3) is 3.22. The van der Waals surface area contributed by atoms with E-state index in [0.717, 1.165) is 29.5 Å². The number of imide groups is 1. The van der Waals surface area contributed by atoms with Gasteiger partial charge in [-0.25, -0.2) is 0 Å². The zero-order valence-corrected chi connectivity index (χ0v) is 12.4. The second kappa shape index (κ2) is 6.61. The van der Waals surface area contributed by atoms with Crippen LogP contribution in [0, 0.1) is 0 Å². The number of benzene rings is 1. The standard InChI is InChI=1S/C15H17NO3S/c1-3-9-19-12-7-5-11(6-8-12)10-13-14(17)16(4-2)15(18)20-13/h5-8,10H,3-4,9H2,1-2H3/b13-10-. The normalized spacial score (nSPS) is 17.1. The molecule has 1 fully saturated rings. The lowest BCUT2D eigenvalue weighted by molar-refractivity contribution is -0.122. The maximum Gasteiger partial charge on any atom is 0.293 e. The van der Waals surface area contributed by atoms with Gasteiger partial charge < -0.3 is 4.74 Å². The van der Waals surface area contributed by atoms with Crippen LogP contribution in [0.15, 0.2) is 29.2 Å². The molecule has 106 valence electrons. The molecule has 1 aromatic rings. The molecule has 1 aliphatic rings. The molecule has 0 unspecified atom stereocenters. The highest BCUT2D eigenvalue weighted by Crippen LogP contribution is 2.32. The van der Waals surface area contributed by atoms with Crippen LogP contribution < -0.4 is 4.74 Å². The molecule has 0 aliphatic carbocycles. The second-order valence-electron chi connectivity index (χ2n) is 4.34. The van der Waals surface area contributed by atoms with Gasteiger partial charge in [-0.2, -0.15) is 0 Å². The van der Waals surface area contributed by atoms with Crippen molar-refractivity contribution in [3.8, 4) is 5.75 Å². The first-order valence-electron chi connectivity index (χ1n) is 6.64. The van der Waals surface area contributed by atoms with E-state index in [0.29, 0.717) is 18.1 Å². The molecule has 0 aromatic heterocycles. The van der Waals surface area contributed by atoms with Crippen LogP contribution in [0.1, 0.15) is 25.8 Å². The van der Waals surface area contributed by atoms with E-state index < -0.39 is 0 Å². The number of carbonyl (C=O) groups is 2. The monoisotopic (exact) mass is 291 g/mol. The van der Waals surface area contributed by atoms with Crippen LogP contribution in [0.5, 0.6) is 5.75 Å². The first kappa shape index (κ1) is 14.7. The second-order valence-corrected chi connectivity index (χ2v) is 5.34. The molecule has 1 saturated heterocycles. The van der Waals surface area contributed by atoms with E-state index in [1.807, 2.05) is 24.3 Å². The first-order chi connectivity index (χ1) is 9.65. The predicted molar refractivity (Wildman–Crippen MR) is 80.6 cm³/mol. The van der Waals surface area contributed by atoms with Gasteiger partial charge in [-0.3, -0.25) is 14.5 Å². The number of thioether (sulfide) groups is 1. The summed E-state index contributed by atoms with van der Waals surface area (Å²) in [6.45, 7) is 4.94. The number of hydrogen-bond donors (Lipinski definition) is 0. The van der Waals surface area contributed by atoms with Gasteiger partial charge in [0.15, 0.2) is 0 Å². The van der Waals surface area contributed by atoms with Crippen LogP contribution >= 0.6 is 11.8 Å². The molecule has 5 heteroatoms. The SMILES string of the molecule is CCCOc1ccc(/C=C2\SC(=O)N(CC)C2=O)cc1. The molecular weight excluding hydrogens is 274 g/mol. The van der Waals surface area contributed by atoms with Crippen LogP contribution in [0.3, 0.4) is 0 Å². The van der Waals surface area contributed by atoms with Crippen LogP contribution in [0.2, 0.25) is 0 Å². The summed E-state index contributed by atoms with van der Waals surface area (Å²) in [5.74, 6) is 0.597. The Kier molecular flexibility index (Phi) is 4.84. The summed E-state index contributed by atoms with van der Waals surface area (Å²) >= 11 is 0.987. The number of likely N-dealkylation sites (N-methyl/N-ethyl adjacent to an activating group) is 1. The van der Waals surface area contributed by atoms with Gasteiger partial charge in [-0.05, 0) is 48.9 Å². The smallest absolute Gasteiger partial charge is 0.293 e. The highest BCUT2D eigenvalue weighted by atomic mass is 32.2. The lowest BCUT2D eigenvalue weighted by Gasteiger charge is -2.07. The summed E-state index contributed by atoms with van der Waals surface area (Å²) in [5.41, 5.74) is 0.885. The van der Waals surface area contributed by atoms with E-state index in [4.69, 9.17) is 4.74 Å². The number of nitrogens with zero attached hydrogens (tertiary/aromatic N) is 1. The maximum atomic E-state index is 12.0. The maximum absolute atomic E-state index is 12.0. The van der Waals surface area contributed by atoms with Crippen molar-refractivity contribution >= 4 is 29.0 Å². The average Bonchev–Trinajstić information content (AvgIpc) is 2.72. The van der Waals surface area contributed by atoms with Gasteiger partial charge in [0.2, 0.25) is 0 Å². The molecule has 0 N–H and O–H groups in total. The van der Waals surface area contributed by atoms with E-state index >= 15 is 0 Å². The minimum absolute atomic E-state index is 0.202. The Balaban J connectivity index is 2.11. The van der Waals surface area contributed by atoms with Crippen molar-refractivity contribution in [2.45, 2.75) is 20.3 Å². The Morgan fingerprint density at radius 3 is 2.45 bits per heavy atom. The summed E-state index contributed by atoms with van der Waals surface area (Å²) < 4.78 is 5.50. The van der Waals surface area contributed by atoms with E-state index in [-0.39, 0.29) is 11.1 Å². The molecule has 1 aromatic carbocycles. The zero-order valence-electron chi connectivity index (χ0n) is 11.6. The van der Waals surface area contributed by atoms with E-state index in [9.17, 15) is 9.59 Å². The largest absolute Gasteiger partial charge is 0.494 e. The summed E-state index contributed by atoms with van der Waals surface area (Å²) in [5, 5.41) is -0.202. The fourth-order valence-electron chi connectivity index (χ4n) is 1.80. The quantitative estimate of drug-likeness (QED) is 0.779. The van der Waals surface area contributed by atoms with Crippen molar-refractivity contribution in [1.82, 2.24) is 4.90 Å². The Bertz CT molecular complexity index is 537. The van der Waals surface area contributed by atoms with Gasteiger partial charge in [0.05, 0.1) is 11.5 Å². The van der Waals surface area contributed by atoms with Crippen molar-refractivity contribution in [2.24, 2.45) is 0 Å². The molecule has 0 atom stereocenters. The van der Waals surface area contributed by atoms with Gasteiger partial charge in [0, 0.05) is 6.54 Å². The van der Waals surface area contributed by atoms with Gasteiger partial charge in [0.1, 0.15) is 5.75 Å². The van der Waals surface area contributed by atoms with Crippen molar-refractivity contribution in [3.05, 3.63) is 34.7 Å². The van der Waals surface area contributed by atoms with Crippen LogP contribution in [0.4, 0.5) is 4.79 Å². The van der Waals surface area contributed by atoms with Gasteiger partial charge in [-0.1, -0.05) is 19.1 Å². The Hall–Kier alpha value is -1.75. The summed E-state index contributed by atoms with van der Waals surface area (Å²) in [6, 6.07) is 7.49. The molecule has 1 heterocycles. The van der Waals surface area contributed by atoms with Crippen molar-refractivity contribution in [2.75, 3.05) is 13.2 Å². The summed E-state index contributed by atoms with van der Waals surface area (Å²) in [6.07, 6.45) is 2.70. The minimum Gasteiger partial charge on any atom is -0.494 e. The van der Waals surface area contributed by atoms with Crippen LogP contribution in [-0.4, -0.2) is 29.2 Å². The van der Waals surface area contributed by atoms with Crippen LogP contribution in [-0.2, 0) is 4.79 Å². The van der Waals surface area contributed by atoms with E-state index in [2.05, 4.69) is 6.92 Å². The first-order valence-corrected chi connectivity index (χ1v) is 7.45. The highest BCUT2D eigenvalue weighted by Gasteiger charge is 2.33. The lowest BCUT2D eigenvalue weighted by Crippen LogP contribution is -2.27. The molecule has 1 aliphatic heterocycles. The van der Waals surface area contributed by atoms with Crippen molar-refractivity contribution < 1.29 is 14.3 Å². The van der Waals surface area contributed by atoms with Gasteiger partial charge >= 0.3 is 0 Å². The molecule has 0 radical (unpaired) electrons. The molecule has 0 bridgehead atoms. The molecule has 0 saturated carbocycles. The van der Waals surface area contributed by atoms with Gasteiger partial charge in [0.25, 0.3) is 11.1 Å². The number of ether oxygens (including phenoxy) is 1. The fraction of sp³-hybridized carbons (Fsp3) is 0.333. The third-order valence-corrected chi connectivity index (χ3v) is 3.75. The third-order valence-electron chi connectivity index (χ3n) is 2.84. The molecule has 4 nitrogen and oxygen atoms in total. The fourth-order valence-corrected chi connectivity index (χ4v) is 2.71. The molecule has 0 spiro atoms. The predicted octanol–water partition coefficient (Wildman–Crippen LogP) is 3.53. The van der Waals surface area contributed by atoms with Gasteiger partial charge in [-0.15, -0.1) is 0 Å². The molecule has 2 amide bonds. The Morgan fingerprint density at radius 1 is 1.20 bits per heavy atom. The number of amides is 2.